The summed E-state index contributed by atoms with van der Waals surface area (Å²) in [6.45, 7) is 4.16. The van der Waals surface area contributed by atoms with Crippen LogP contribution in [0, 0.1) is 13.8 Å². The van der Waals surface area contributed by atoms with Gasteiger partial charge >= 0.3 is 11.6 Å². The highest BCUT2D eigenvalue weighted by Crippen LogP contribution is 2.25. The van der Waals surface area contributed by atoms with Crippen LogP contribution >= 0.6 is 0 Å². The molecule has 0 fully saturated rings. The van der Waals surface area contributed by atoms with Gasteiger partial charge in [-0.25, -0.2) is 4.79 Å². The number of benzene rings is 2. The first-order valence-electron chi connectivity index (χ1n) is 7.90. The van der Waals surface area contributed by atoms with Crippen LogP contribution in [0.15, 0.2) is 51.7 Å². The summed E-state index contributed by atoms with van der Waals surface area (Å²) in [6.07, 6.45) is -0.351. The zero-order chi connectivity index (χ0) is 18.0. The van der Waals surface area contributed by atoms with Crippen LogP contribution in [0.25, 0.3) is 11.0 Å². The number of fused-ring (bicyclic) bond motifs is 1. The lowest BCUT2D eigenvalue weighted by Crippen LogP contribution is -2.14. The van der Waals surface area contributed by atoms with Crippen LogP contribution in [-0.2, 0) is 17.8 Å². The number of aryl methyl sites for hydroxylation is 2. The highest BCUT2D eigenvalue weighted by molar-refractivity contribution is 5.83. The first kappa shape index (κ1) is 16.8. The van der Waals surface area contributed by atoms with Gasteiger partial charge in [0.2, 0.25) is 0 Å². The van der Waals surface area contributed by atoms with E-state index in [-0.39, 0.29) is 12.0 Å². The Hall–Kier alpha value is -3.08. The number of hydrogen-bond acceptors (Lipinski definition) is 4. The molecule has 0 aliphatic rings. The lowest BCUT2D eigenvalue weighted by atomic mass is 10.0. The summed E-state index contributed by atoms with van der Waals surface area (Å²) in [5.41, 5.74) is 2.79. The Kier molecular flexibility index (Phi) is 4.57. The molecule has 128 valence electrons. The van der Waals surface area contributed by atoms with Crippen molar-refractivity contribution in [3.63, 3.8) is 0 Å². The van der Waals surface area contributed by atoms with E-state index >= 15 is 0 Å². The molecule has 1 heterocycles. The summed E-state index contributed by atoms with van der Waals surface area (Å²) in [5, 5.41) is 9.63. The van der Waals surface area contributed by atoms with Gasteiger partial charge in [-0.15, -0.1) is 0 Å². The number of carbonyl (C=O) groups is 1. The fourth-order valence-corrected chi connectivity index (χ4v) is 2.67. The third-order valence-corrected chi connectivity index (χ3v) is 4.11. The van der Waals surface area contributed by atoms with Crippen LogP contribution < -0.4 is 10.4 Å². The first-order chi connectivity index (χ1) is 11.9. The number of hydrogen-bond donors (Lipinski definition) is 1. The molecular formula is C20H18O5. The van der Waals surface area contributed by atoms with E-state index in [0.29, 0.717) is 28.9 Å². The van der Waals surface area contributed by atoms with E-state index in [1.165, 1.54) is 5.56 Å². The minimum atomic E-state index is -1.06. The second-order valence-electron chi connectivity index (χ2n) is 6.00. The number of rotatable bonds is 5. The van der Waals surface area contributed by atoms with E-state index in [9.17, 15) is 9.59 Å². The molecule has 0 spiro atoms. The average Bonchev–Trinajstić information content (AvgIpc) is 2.57. The van der Waals surface area contributed by atoms with Crippen molar-refractivity contribution in [2.24, 2.45) is 0 Å². The van der Waals surface area contributed by atoms with Crippen molar-refractivity contribution in [2.45, 2.75) is 26.9 Å². The largest absolute Gasteiger partial charge is 0.489 e. The van der Waals surface area contributed by atoms with Crippen LogP contribution in [-0.4, -0.2) is 11.1 Å². The maximum absolute atomic E-state index is 12.0. The molecule has 1 N–H and O–H groups in total. The smallest absolute Gasteiger partial charge is 0.340 e. The van der Waals surface area contributed by atoms with Crippen LogP contribution in [0.4, 0.5) is 0 Å². The zero-order valence-electron chi connectivity index (χ0n) is 14.0. The van der Waals surface area contributed by atoms with Gasteiger partial charge in [0.05, 0.1) is 12.0 Å². The van der Waals surface area contributed by atoms with Crippen molar-refractivity contribution >= 4 is 16.9 Å². The fourth-order valence-electron chi connectivity index (χ4n) is 2.67. The second-order valence-corrected chi connectivity index (χ2v) is 6.00. The molecule has 25 heavy (non-hydrogen) atoms. The first-order valence-corrected chi connectivity index (χ1v) is 7.90. The van der Waals surface area contributed by atoms with E-state index in [4.69, 9.17) is 14.3 Å². The molecule has 2 aromatic carbocycles. The van der Waals surface area contributed by atoms with Crippen molar-refractivity contribution in [3.05, 3.63) is 75.1 Å². The molecule has 0 aliphatic carbocycles. The van der Waals surface area contributed by atoms with Crippen LogP contribution in [0.3, 0.4) is 0 Å². The van der Waals surface area contributed by atoms with E-state index in [2.05, 4.69) is 0 Å². The molecule has 3 rings (SSSR count). The Bertz CT molecular complexity index is 983. The van der Waals surface area contributed by atoms with E-state index in [1.807, 2.05) is 31.2 Å². The summed E-state index contributed by atoms with van der Waals surface area (Å²) in [4.78, 5) is 22.9. The molecule has 0 bridgehead atoms. The van der Waals surface area contributed by atoms with Gasteiger partial charge in [0.15, 0.2) is 0 Å². The van der Waals surface area contributed by atoms with E-state index < -0.39 is 11.6 Å². The maximum Gasteiger partial charge on any atom is 0.340 e. The molecule has 0 amide bonds. The third-order valence-electron chi connectivity index (χ3n) is 4.11. The van der Waals surface area contributed by atoms with Crippen molar-refractivity contribution < 1.29 is 19.1 Å². The quantitative estimate of drug-likeness (QED) is 0.719. The van der Waals surface area contributed by atoms with Crippen molar-refractivity contribution in [2.75, 3.05) is 0 Å². The predicted molar refractivity (Wildman–Crippen MR) is 94.1 cm³/mol. The monoisotopic (exact) mass is 338 g/mol. The molecule has 0 unspecified atom stereocenters. The molecule has 0 saturated heterocycles. The van der Waals surface area contributed by atoms with Crippen LogP contribution in [0.5, 0.6) is 5.75 Å². The molecule has 5 heteroatoms. The van der Waals surface area contributed by atoms with Gasteiger partial charge in [0.1, 0.15) is 17.9 Å². The van der Waals surface area contributed by atoms with E-state index in [1.54, 1.807) is 25.1 Å². The van der Waals surface area contributed by atoms with E-state index in [0.717, 1.165) is 5.56 Å². The molecular weight excluding hydrogens is 320 g/mol. The highest BCUT2D eigenvalue weighted by atomic mass is 16.5. The van der Waals surface area contributed by atoms with Gasteiger partial charge < -0.3 is 14.3 Å². The molecule has 1 aromatic heterocycles. The molecule has 0 aliphatic heterocycles. The Morgan fingerprint density at radius 2 is 1.84 bits per heavy atom. The summed E-state index contributed by atoms with van der Waals surface area (Å²) < 4.78 is 11.0. The Labute approximate surface area is 144 Å². The van der Waals surface area contributed by atoms with Gasteiger partial charge in [-0.1, -0.05) is 29.8 Å². The van der Waals surface area contributed by atoms with Gasteiger partial charge in [0, 0.05) is 11.5 Å². The summed E-state index contributed by atoms with van der Waals surface area (Å²) >= 11 is 0. The summed E-state index contributed by atoms with van der Waals surface area (Å²) in [5.74, 6) is -0.477. The molecule has 0 saturated carbocycles. The Balaban J connectivity index is 1.88. The second kappa shape index (κ2) is 6.81. The topological polar surface area (TPSA) is 76.7 Å². The Morgan fingerprint density at radius 3 is 2.52 bits per heavy atom. The normalized spacial score (nSPS) is 10.8. The Morgan fingerprint density at radius 1 is 1.12 bits per heavy atom. The number of carboxylic acid groups (broad SMARTS) is 1. The predicted octanol–water partition coefficient (Wildman–Crippen LogP) is 3.62. The lowest BCUT2D eigenvalue weighted by molar-refractivity contribution is -0.136. The van der Waals surface area contributed by atoms with Crippen molar-refractivity contribution in [3.8, 4) is 5.75 Å². The van der Waals surface area contributed by atoms with Crippen molar-refractivity contribution in [1.82, 2.24) is 0 Å². The average molecular weight is 338 g/mol. The van der Waals surface area contributed by atoms with Gasteiger partial charge in [-0.3, -0.25) is 4.79 Å². The van der Waals surface area contributed by atoms with Crippen molar-refractivity contribution in [1.29, 1.82) is 0 Å². The maximum atomic E-state index is 12.0. The minimum absolute atomic E-state index is 0.174. The SMILES string of the molecule is Cc1ccc(COc2ccc3c(C)c(CC(=O)O)c(=O)oc3c2)cc1. The number of ether oxygens (including phenoxy) is 1. The minimum Gasteiger partial charge on any atom is -0.489 e. The lowest BCUT2D eigenvalue weighted by Gasteiger charge is -2.09. The zero-order valence-corrected chi connectivity index (χ0v) is 14.0. The summed E-state index contributed by atoms with van der Waals surface area (Å²) in [6, 6.07) is 13.3. The molecule has 0 atom stereocenters. The molecule has 0 radical (unpaired) electrons. The third kappa shape index (κ3) is 3.71. The van der Waals surface area contributed by atoms with Crippen LogP contribution in [0.2, 0.25) is 0 Å². The van der Waals surface area contributed by atoms with Gasteiger partial charge in [-0.05, 0) is 37.1 Å². The molecule has 3 aromatic rings. The molecule has 5 nitrogen and oxygen atoms in total. The standard InChI is InChI=1S/C20H18O5/c1-12-3-5-14(6-4-12)11-24-15-7-8-16-13(2)17(10-19(21)22)20(23)25-18(16)9-15/h3-9H,10-11H2,1-2H3,(H,21,22). The number of aliphatic carboxylic acids is 1. The summed E-state index contributed by atoms with van der Waals surface area (Å²) in [7, 11) is 0. The van der Waals surface area contributed by atoms with Gasteiger partial charge in [0.25, 0.3) is 0 Å². The highest BCUT2D eigenvalue weighted by Gasteiger charge is 2.14. The van der Waals surface area contributed by atoms with Crippen LogP contribution in [0.1, 0.15) is 22.3 Å². The number of carboxylic acids is 1. The van der Waals surface area contributed by atoms with Gasteiger partial charge in [-0.2, -0.15) is 0 Å². The fraction of sp³-hybridized carbons (Fsp3) is 0.200.